The molecule has 1 aromatic heterocycles. The molecule has 0 unspecified atom stereocenters. The van der Waals surface area contributed by atoms with Crippen molar-refractivity contribution in [1.29, 1.82) is 0 Å². The van der Waals surface area contributed by atoms with E-state index in [1.165, 1.54) is 29.9 Å². The van der Waals surface area contributed by atoms with E-state index in [4.69, 9.17) is 9.47 Å². The van der Waals surface area contributed by atoms with Crippen LogP contribution in [0.5, 0.6) is 5.88 Å². The Hall–Kier alpha value is -0.780. The van der Waals surface area contributed by atoms with Gasteiger partial charge in [-0.25, -0.2) is 4.98 Å². The van der Waals surface area contributed by atoms with E-state index < -0.39 is 0 Å². The fourth-order valence-electron chi connectivity index (χ4n) is 2.57. The molecule has 2 aliphatic rings. The third kappa shape index (κ3) is 4.11. The summed E-state index contributed by atoms with van der Waals surface area (Å²) < 4.78 is 11.2. The van der Waals surface area contributed by atoms with E-state index in [0.29, 0.717) is 12.6 Å². The molecule has 1 N–H and O–H groups in total. The lowest BCUT2D eigenvalue weighted by atomic mass is 10.1. The average Bonchev–Trinajstić information content (AvgIpc) is 3.00. The number of ether oxygens (including phenoxy) is 2. The third-order valence-corrected chi connectivity index (χ3v) is 4.95. The van der Waals surface area contributed by atoms with Crippen molar-refractivity contribution in [1.82, 2.24) is 10.3 Å². The van der Waals surface area contributed by atoms with Gasteiger partial charge in [0.25, 0.3) is 0 Å². The smallest absolute Gasteiger partial charge is 0.213 e. The second-order valence-corrected chi connectivity index (χ2v) is 6.55. The normalized spacial score (nSPS) is 26.6. The number of hydrogen-bond donors (Lipinski definition) is 1. The Labute approximate surface area is 124 Å². The Bertz CT molecular complexity index is 418. The monoisotopic (exact) mass is 294 g/mol. The van der Waals surface area contributed by atoms with Crippen LogP contribution in [0.25, 0.3) is 0 Å². The van der Waals surface area contributed by atoms with E-state index in [1.54, 1.807) is 0 Å². The van der Waals surface area contributed by atoms with E-state index in [9.17, 15) is 0 Å². The van der Waals surface area contributed by atoms with Gasteiger partial charge in [-0.1, -0.05) is 0 Å². The van der Waals surface area contributed by atoms with Gasteiger partial charge in [0.2, 0.25) is 5.88 Å². The molecular formula is C15H22N2O2S. The first-order valence-corrected chi connectivity index (χ1v) is 8.56. The van der Waals surface area contributed by atoms with Crippen LogP contribution in [-0.4, -0.2) is 41.8 Å². The van der Waals surface area contributed by atoms with E-state index in [0.717, 1.165) is 25.5 Å². The highest BCUT2D eigenvalue weighted by molar-refractivity contribution is 7.99. The lowest BCUT2D eigenvalue weighted by molar-refractivity contribution is 0.138. The quantitative estimate of drug-likeness (QED) is 0.902. The van der Waals surface area contributed by atoms with Crippen molar-refractivity contribution in [3.8, 4) is 5.88 Å². The van der Waals surface area contributed by atoms with Gasteiger partial charge in [0, 0.05) is 37.0 Å². The fraction of sp³-hybridized carbons (Fsp3) is 0.667. The Balaban J connectivity index is 1.50. The lowest BCUT2D eigenvalue weighted by Crippen LogP contribution is -2.33. The highest BCUT2D eigenvalue weighted by atomic mass is 32.2. The molecule has 2 atom stereocenters. The second-order valence-electron chi connectivity index (χ2n) is 5.40. The van der Waals surface area contributed by atoms with Crippen molar-refractivity contribution in [2.75, 3.05) is 24.7 Å². The van der Waals surface area contributed by atoms with Crippen molar-refractivity contribution in [3.63, 3.8) is 0 Å². The molecule has 0 spiro atoms. The van der Waals surface area contributed by atoms with Gasteiger partial charge in [-0.05, 0) is 30.2 Å². The molecule has 1 aromatic rings. The number of pyridine rings is 1. The molecule has 3 heterocycles. The minimum atomic E-state index is 0.167. The maximum atomic E-state index is 5.84. The predicted molar refractivity (Wildman–Crippen MR) is 81.3 cm³/mol. The van der Waals surface area contributed by atoms with E-state index in [2.05, 4.69) is 16.4 Å². The average molecular weight is 294 g/mol. The maximum absolute atomic E-state index is 5.84. The van der Waals surface area contributed by atoms with Crippen molar-refractivity contribution in [3.05, 3.63) is 23.9 Å². The summed E-state index contributed by atoms with van der Waals surface area (Å²) in [6.07, 6.45) is 5.58. The molecule has 0 aliphatic carbocycles. The molecule has 2 saturated heterocycles. The fourth-order valence-corrected chi connectivity index (χ4v) is 3.67. The molecular weight excluding hydrogens is 272 g/mol. The summed E-state index contributed by atoms with van der Waals surface area (Å²) in [5.41, 5.74) is 1.24. The van der Waals surface area contributed by atoms with E-state index in [-0.39, 0.29) is 6.10 Å². The van der Waals surface area contributed by atoms with Crippen LogP contribution >= 0.6 is 11.8 Å². The van der Waals surface area contributed by atoms with Crippen LogP contribution in [-0.2, 0) is 11.3 Å². The Morgan fingerprint density at radius 3 is 3.25 bits per heavy atom. The Morgan fingerprint density at radius 2 is 2.45 bits per heavy atom. The zero-order valence-electron chi connectivity index (χ0n) is 11.7. The van der Waals surface area contributed by atoms with Gasteiger partial charge >= 0.3 is 0 Å². The van der Waals surface area contributed by atoms with Crippen molar-refractivity contribution in [2.45, 2.75) is 38.0 Å². The number of nitrogens with one attached hydrogen (secondary N) is 1. The Kier molecular flexibility index (Phi) is 5.17. The van der Waals surface area contributed by atoms with Gasteiger partial charge in [0.15, 0.2) is 0 Å². The van der Waals surface area contributed by atoms with Crippen molar-refractivity contribution in [2.24, 2.45) is 0 Å². The number of aromatic nitrogens is 1. The molecule has 2 fully saturated rings. The highest BCUT2D eigenvalue weighted by Crippen LogP contribution is 2.18. The van der Waals surface area contributed by atoms with Gasteiger partial charge < -0.3 is 14.8 Å². The number of hydrogen-bond acceptors (Lipinski definition) is 5. The third-order valence-electron chi connectivity index (χ3n) is 3.73. The Morgan fingerprint density at radius 1 is 1.45 bits per heavy atom. The first-order chi connectivity index (χ1) is 9.90. The van der Waals surface area contributed by atoms with E-state index in [1.807, 2.05) is 24.0 Å². The molecule has 20 heavy (non-hydrogen) atoms. The number of thioether (sulfide) groups is 1. The lowest BCUT2D eigenvalue weighted by Gasteiger charge is -2.22. The summed E-state index contributed by atoms with van der Waals surface area (Å²) >= 11 is 2.05. The standard InChI is InChI=1S/C15H22N2O2S/c1-2-13(11-20-7-1)17-9-12-3-5-16-15(8-12)19-14-4-6-18-10-14/h3,5,8,13-14,17H,1-2,4,6-7,9-11H2/t13-,14+/m0/s1. The van der Waals surface area contributed by atoms with Gasteiger partial charge in [-0.3, -0.25) is 0 Å². The highest BCUT2D eigenvalue weighted by Gasteiger charge is 2.18. The largest absolute Gasteiger partial charge is 0.472 e. The van der Waals surface area contributed by atoms with Crippen LogP contribution in [0.3, 0.4) is 0 Å². The van der Waals surface area contributed by atoms with Crippen LogP contribution in [0.15, 0.2) is 18.3 Å². The molecule has 3 rings (SSSR count). The second kappa shape index (κ2) is 7.29. The van der Waals surface area contributed by atoms with Crippen molar-refractivity contribution >= 4 is 11.8 Å². The minimum Gasteiger partial charge on any atom is -0.472 e. The summed E-state index contributed by atoms with van der Waals surface area (Å²) in [6, 6.07) is 4.75. The number of rotatable bonds is 5. The first-order valence-electron chi connectivity index (χ1n) is 7.40. The molecule has 0 aromatic carbocycles. The molecule has 0 radical (unpaired) electrons. The predicted octanol–water partition coefficient (Wildman–Crippen LogP) is 2.23. The number of nitrogens with zero attached hydrogens (tertiary/aromatic N) is 1. The van der Waals surface area contributed by atoms with Gasteiger partial charge in [-0.2, -0.15) is 11.8 Å². The SMILES string of the molecule is c1cc(CN[C@H]2CCCSC2)cc(O[C@@H]2CCOC2)n1. The van der Waals surface area contributed by atoms with Crippen LogP contribution in [0.2, 0.25) is 0 Å². The summed E-state index contributed by atoms with van der Waals surface area (Å²) in [7, 11) is 0. The van der Waals surface area contributed by atoms with Gasteiger partial charge in [-0.15, -0.1) is 0 Å². The summed E-state index contributed by atoms with van der Waals surface area (Å²) in [5.74, 6) is 3.26. The van der Waals surface area contributed by atoms with Gasteiger partial charge in [0.1, 0.15) is 6.10 Å². The summed E-state index contributed by atoms with van der Waals surface area (Å²) in [6.45, 7) is 2.37. The molecule has 5 heteroatoms. The van der Waals surface area contributed by atoms with E-state index >= 15 is 0 Å². The molecule has 0 amide bonds. The van der Waals surface area contributed by atoms with Gasteiger partial charge in [0.05, 0.1) is 13.2 Å². The van der Waals surface area contributed by atoms with Crippen LogP contribution in [0.1, 0.15) is 24.8 Å². The van der Waals surface area contributed by atoms with Crippen LogP contribution < -0.4 is 10.1 Å². The molecule has 0 bridgehead atoms. The molecule has 0 saturated carbocycles. The topological polar surface area (TPSA) is 43.4 Å². The van der Waals surface area contributed by atoms with Crippen LogP contribution in [0, 0.1) is 0 Å². The maximum Gasteiger partial charge on any atom is 0.213 e. The minimum absolute atomic E-state index is 0.167. The van der Waals surface area contributed by atoms with Crippen LogP contribution in [0.4, 0.5) is 0 Å². The zero-order valence-corrected chi connectivity index (χ0v) is 12.5. The molecule has 4 nitrogen and oxygen atoms in total. The first kappa shape index (κ1) is 14.2. The molecule has 2 aliphatic heterocycles. The molecule has 110 valence electrons. The summed E-state index contributed by atoms with van der Waals surface area (Å²) in [5, 5.41) is 3.63. The van der Waals surface area contributed by atoms with Crippen molar-refractivity contribution < 1.29 is 9.47 Å². The zero-order chi connectivity index (χ0) is 13.6. The summed E-state index contributed by atoms with van der Waals surface area (Å²) in [4.78, 5) is 4.29.